The number of nitrogens with two attached hydrogens (primary N) is 1. The highest BCUT2D eigenvalue weighted by Gasteiger charge is 2.28. The maximum absolute atomic E-state index is 5.86. The van der Waals surface area contributed by atoms with Crippen LogP contribution in [0.2, 0.25) is 0 Å². The van der Waals surface area contributed by atoms with Crippen LogP contribution in [0.4, 0.5) is 0 Å². The van der Waals surface area contributed by atoms with Gasteiger partial charge < -0.3 is 10.5 Å². The van der Waals surface area contributed by atoms with E-state index in [4.69, 9.17) is 10.5 Å². The minimum Gasteiger partial charge on any atom is -0.381 e. The molecule has 2 heterocycles. The minimum atomic E-state index is 0. The smallest absolute Gasteiger partial charge is 0.0507 e. The molecule has 2 N–H and O–H groups in total. The summed E-state index contributed by atoms with van der Waals surface area (Å²) >= 11 is 0. The molecule has 3 atom stereocenters. The van der Waals surface area contributed by atoms with Gasteiger partial charge in [-0.25, -0.2) is 0 Å². The van der Waals surface area contributed by atoms with Crippen molar-refractivity contribution >= 4 is 12.4 Å². The molecule has 0 aromatic carbocycles. The average molecular weight is 249 g/mol. The second-order valence-corrected chi connectivity index (χ2v) is 5.24. The summed E-state index contributed by atoms with van der Waals surface area (Å²) in [5.41, 5.74) is 5.86. The quantitative estimate of drug-likeness (QED) is 0.823. The van der Waals surface area contributed by atoms with Crippen molar-refractivity contribution in [3.05, 3.63) is 0 Å². The van der Waals surface area contributed by atoms with Crippen LogP contribution < -0.4 is 5.73 Å². The Balaban J connectivity index is 0.00000128. The lowest BCUT2D eigenvalue weighted by Gasteiger charge is -2.39. The first-order valence-corrected chi connectivity index (χ1v) is 6.31. The van der Waals surface area contributed by atoms with E-state index in [-0.39, 0.29) is 12.4 Å². The van der Waals surface area contributed by atoms with Gasteiger partial charge in [0.05, 0.1) is 6.61 Å². The molecule has 16 heavy (non-hydrogen) atoms. The largest absolute Gasteiger partial charge is 0.381 e. The van der Waals surface area contributed by atoms with E-state index in [2.05, 4.69) is 11.8 Å². The highest BCUT2D eigenvalue weighted by atomic mass is 35.5. The lowest BCUT2D eigenvalue weighted by molar-refractivity contribution is 0.0966. The first-order chi connectivity index (χ1) is 7.29. The van der Waals surface area contributed by atoms with Crippen molar-refractivity contribution in [2.45, 2.75) is 32.2 Å². The maximum atomic E-state index is 5.86. The van der Waals surface area contributed by atoms with Crippen molar-refractivity contribution in [3.8, 4) is 0 Å². The third-order valence-corrected chi connectivity index (χ3v) is 3.89. The molecule has 0 saturated carbocycles. The predicted molar refractivity (Wildman–Crippen MR) is 69.0 cm³/mol. The number of nitrogens with zero attached hydrogens (tertiary/aromatic N) is 1. The summed E-state index contributed by atoms with van der Waals surface area (Å²) < 4.78 is 5.43. The molecule has 96 valence electrons. The molecule has 0 radical (unpaired) electrons. The van der Waals surface area contributed by atoms with Crippen LogP contribution in [0.15, 0.2) is 0 Å². The lowest BCUT2D eigenvalue weighted by Crippen LogP contribution is -2.48. The second kappa shape index (κ2) is 6.80. The van der Waals surface area contributed by atoms with E-state index in [1.54, 1.807) is 0 Å². The van der Waals surface area contributed by atoms with Gasteiger partial charge in [-0.1, -0.05) is 6.92 Å². The Morgan fingerprint density at radius 2 is 2.19 bits per heavy atom. The lowest BCUT2D eigenvalue weighted by atomic mass is 9.91. The molecular weight excluding hydrogens is 224 g/mol. The highest BCUT2D eigenvalue weighted by molar-refractivity contribution is 5.85. The first kappa shape index (κ1) is 14.2. The Labute approximate surface area is 105 Å². The van der Waals surface area contributed by atoms with Gasteiger partial charge in [0.1, 0.15) is 0 Å². The number of ether oxygens (including phenoxy) is 1. The standard InChI is InChI=1S/C12H24N2O.ClH/c1-10-2-4-14(12(6-10)7-13)8-11-3-5-15-9-11;/h10-12H,2-9,13H2,1H3;1H. The molecule has 0 bridgehead atoms. The number of hydrogen-bond acceptors (Lipinski definition) is 3. The Hall–Kier alpha value is 0.170. The van der Waals surface area contributed by atoms with Crippen LogP contribution in [0.5, 0.6) is 0 Å². The molecule has 0 amide bonds. The molecule has 0 aliphatic carbocycles. The van der Waals surface area contributed by atoms with Crippen LogP contribution in [0.3, 0.4) is 0 Å². The zero-order valence-electron chi connectivity index (χ0n) is 10.2. The van der Waals surface area contributed by atoms with Crippen LogP contribution in [0.25, 0.3) is 0 Å². The molecule has 3 nitrogen and oxygen atoms in total. The zero-order valence-corrected chi connectivity index (χ0v) is 11.0. The second-order valence-electron chi connectivity index (χ2n) is 5.24. The normalized spacial score (nSPS) is 36.0. The average Bonchev–Trinajstić information content (AvgIpc) is 2.73. The molecule has 4 heteroatoms. The number of piperidine rings is 1. The van der Waals surface area contributed by atoms with Crippen LogP contribution in [0, 0.1) is 11.8 Å². The Morgan fingerprint density at radius 3 is 2.81 bits per heavy atom. The molecule has 2 aliphatic heterocycles. The minimum absolute atomic E-state index is 0. The summed E-state index contributed by atoms with van der Waals surface area (Å²) in [6.45, 7) is 7.52. The SMILES string of the molecule is CC1CCN(CC2CCOC2)C(CN)C1.Cl. The summed E-state index contributed by atoms with van der Waals surface area (Å²) in [5.74, 6) is 1.61. The van der Waals surface area contributed by atoms with Crippen molar-refractivity contribution < 1.29 is 4.74 Å². The summed E-state index contributed by atoms with van der Waals surface area (Å²) in [5, 5.41) is 0. The van der Waals surface area contributed by atoms with Crippen molar-refractivity contribution in [1.29, 1.82) is 0 Å². The zero-order chi connectivity index (χ0) is 10.7. The summed E-state index contributed by atoms with van der Waals surface area (Å²) in [4.78, 5) is 2.60. The predicted octanol–water partition coefficient (Wildman–Crippen LogP) is 1.50. The molecular formula is C12H25ClN2O. The van der Waals surface area contributed by atoms with Gasteiger partial charge in [0.2, 0.25) is 0 Å². The fourth-order valence-electron chi connectivity index (χ4n) is 2.84. The van der Waals surface area contributed by atoms with Crippen LogP contribution in [-0.2, 0) is 4.74 Å². The van der Waals surface area contributed by atoms with Gasteiger partial charge in [-0.15, -0.1) is 12.4 Å². The summed E-state index contributed by atoms with van der Waals surface area (Å²) in [6, 6.07) is 0.620. The van der Waals surface area contributed by atoms with Gasteiger partial charge in [-0.05, 0) is 37.6 Å². The first-order valence-electron chi connectivity index (χ1n) is 6.31. The van der Waals surface area contributed by atoms with Crippen molar-refractivity contribution in [2.24, 2.45) is 17.6 Å². The maximum Gasteiger partial charge on any atom is 0.0507 e. The monoisotopic (exact) mass is 248 g/mol. The van der Waals surface area contributed by atoms with E-state index < -0.39 is 0 Å². The molecule has 0 spiro atoms. The molecule has 3 unspecified atom stereocenters. The van der Waals surface area contributed by atoms with Gasteiger partial charge in [0, 0.05) is 25.7 Å². The Kier molecular flexibility index (Phi) is 6.05. The molecule has 2 aliphatic rings. The van der Waals surface area contributed by atoms with Gasteiger partial charge in [-0.3, -0.25) is 4.90 Å². The van der Waals surface area contributed by atoms with E-state index >= 15 is 0 Å². The number of rotatable bonds is 3. The van der Waals surface area contributed by atoms with E-state index in [9.17, 15) is 0 Å². The van der Waals surface area contributed by atoms with Crippen LogP contribution in [-0.4, -0.2) is 43.8 Å². The van der Waals surface area contributed by atoms with Crippen molar-refractivity contribution in [1.82, 2.24) is 4.90 Å². The van der Waals surface area contributed by atoms with Crippen molar-refractivity contribution in [3.63, 3.8) is 0 Å². The fourth-order valence-corrected chi connectivity index (χ4v) is 2.84. The molecule has 2 rings (SSSR count). The fraction of sp³-hybridized carbons (Fsp3) is 1.00. The third kappa shape index (κ3) is 3.59. The van der Waals surface area contributed by atoms with E-state index in [1.807, 2.05) is 0 Å². The van der Waals surface area contributed by atoms with Crippen LogP contribution >= 0.6 is 12.4 Å². The molecule has 0 aromatic rings. The number of hydrogen-bond donors (Lipinski definition) is 1. The van der Waals surface area contributed by atoms with E-state index in [0.29, 0.717) is 6.04 Å². The molecule has 2 saturated heterocycles. The Bertz CT molecular complexity index is 197. The summed E-state index contributed by atoms with van der Waals surface area (Å²) in [7, 11) is 0. The molecule has 0 aromatic heterocycles. The van der Waals surface area contributed by atoms with Gasteiger partial charge in [-0.2, -0.15) is 0 Å². The van der Waals surface area contributed by atoms with Crippen molar-refractivity contribution in [2.75, 3.05) is 32.8 Å². The number of halogens is 1. The van der Waals surface area contributed by atoms with Gasteiger partial charge in [0.15, 0.2) is 0 Å². The number of likely N-dealkylation sites (tertiary alicyclic amines) is 1. The Morgan fingerprint density at radius 1 is 1.38 bits per heavy atom. The third-order valence-electron chi connectivity index (χ3n) is 3.89. The van der Waals surface area contributed by atoms with E-state index in [0.717, 1.165) is 31.6 Å². The molecule has 2 fully saturated rings. The summed E-state index contributed by atoms with van der Waals surface area (Å²) in [6.07, 6.45) is 3.86. The van der Waals surface area contributed by atoms with Crippen LogP contribution in [0.1, 0.15) is 26.2 Å². The van der Waals surface area contributed by atoms with Gasteiger partial charge in [0.25, 0.3) is 0 Å². The topological polar surface area (TPSA) is 38.5 Å². The van der Waals surface area contributed by atoms with E-state index in [1.165, 1.54) is 32.4 Å². The highest BCUT2D eigenvalue weighted by Crippen LogP contribution is 2.24. The van der Waals surface area contributed by atoms with Gasteiger partial charge >= 0.3 is 0 Å².